The molecule has 1 aromatic carbocycles. The van der Waals surface area contributed by atoms with E-state index in [2.05, 4.69) is 4.98 Å². The summed E-state index contributed by atoms with van der Waals surface area (Å²) < 4.78 is 7.30. The van der Waals surface area contributed by atoms with Gasteiger partial charge in [0.1, 0.15) is 11.9 Å². The second-order valence-electron chi connectivity index (χ2n) is 5.74. The van der Waals surface area contributed by atoms with Crippen molar-refractivity contribution in [3.63, 3.8) is 0 Å². The zero-order chi connectivity index (χ0) is 14.3. The number of nitrogens with zero attached hydrogens (tertiary/aromatic N) is 2. The first kappa shape index (κ1) is 12.7. The van der Waals surface area contributed by atoms with Crippen LogP contribution in [-0.2, 0) is 4.74 Å². The number of ether oxygens (including phenoxy) is 1. The number of hydrogen-bond donors (Lipinski definition) is 0. The van der Waals surface area contributed by atoms with Crippen molar-refractivity contribution < 1.29 is 9.53 Å². The molecule has 0 radical (unpaired) electrons. The van der Waals surface area contributed by atoms with Gasteiger partial charge in [-0.2, -0.15) is 0 Å². The van der Waals surface area contributed by atoms with Crippen molar-refractivity contribution in [1.82, 2.24) is 9.38 Å². The zero-order valence-electron chi connectivity index (χ0n) is 11.8. The third-order valence-corrected chi connectivity index (χ3v) is 3.01. The van der Waals surface area contributed by atoms with Gasteiger partial charge in [0.25, 0.3) is 0 Å². The van der Waals surface area contributed by atoms with E-state index >= 15 is 0 Å². The average Bonchev–Trinajstić information content (AvgIpc) is 2.81. The van der Waals surface area contributed by atoms with Crippen molar-refractivity contribution in [2.75, 3.05) is 0 Å². The maximum atomic E-state index is 12.2. The highest BCUT2D eigenvalue weighted by molar-refractivity contribution is 5.97. The molecule has 0 amide bonds. The molecule has 3 rings (SSSR count). The second kappa shape index (κ2) is 4.34. The molecule has 0 aliphatic carbocycles. The van der Waals surface area contributed by atoms with E-state index in [0.29, 0.717) is 5.69 Å². The van der Waals surface area contributed by atoms with Crippen molar-refractivity contribution in [3.8, 4) is 0 Å². The zero-order valence-corrected chi connectivity index (χ0v) is 11.8. The summed E-state index contributed by atoms with van der Waals surface area (Å²) in [7, 11) is 0. The van der Waals surface area contributed by atoms with Gasteiger partial charge in [-0.25, -0.2) is 9.78 Å². The van der Waals surface area contributed by atoms with Crippen LogP contribution in [-0.4, -0.2) is 21.0 Å². The monoisotopic (exact) mass is 268 g/mol. The topological polar surface area (TPSA) is 43.6 Å². The van der Waals surface area contributed by atoms with E-state index in [4.69, 9.17) is 4.74 Å². The number of imidazole rings is 1. The minimum atomic E-state index is -0.524. The molecule has 4 heteroatoms. The molecule has 0 unspecified atom stereocenters. The molecule has 20 heavy (non-hydrogen) atoms. The van der Waals surface area contributed by atoms with Crippen LogP contribution in [0.4, 0.5) is 0 Å². The fraction of sp³-hybridized carbons (Fsp3) is 0.250. The van der Waals surface area contributed by atoms with Gasteiger partial charge in [0.2, 0.25) is 0 Å². The lowest BCUT2D eigenvalue weighted by molar-refractivity contribution is 0.00658. The molecule has 4 nitrogen and oxygen atoms in total. The first-order chi connectivity index (χ1) is 9.46. The molecule has 0 N–H and O–H groups in total. The fourth-order valence-electron chi connectivity index (χ4n) is 2.21. The molecular formula is C16H16N2O2. The lowest BCUT2D eigenvalue weighted by atomic mass is 10.2. The van der Waals surface area contributed by atoms with E-state index < -0.39 is 11.6 Å². The van der Waals surface area contributed by atoms with Crippen molar-refractivity contribution >= 4 is 22.4 Å². The Bertz CT molecular complexity index is 797. The molecule has 0 atom stereocenters. The lowest BCUT2D eigenvalue weighted by Gasteiger charge is -2.18. The number of pyridine rings is 1. The summed E-state index contributed by atoms with van der Waals surface area (Å²) in [4.78, 5) is 16.4. The second-order valence-corrected chi connectivity index (χ2v) is 5.74. The Kier molecular flexibility index (Phi) is 2.74. The van der Waals surface area contributed by atoms with Crippen molar-refractivity contribution in [2.45, 2.75) is 26.4 Å². The number of carbonyl (C=O) groups is 1. The molecule has 0 aliphatic heterocycles. The number of fused-ring (bicyclic) bond motifs is 3. The van der Waals surface area contributed by atoms with Gasteiger partial charge in [-0.1, -0.05) is 24.3 Å². The fourth-order valence-corrected chi connectivity index (χ4v) is 2.21. The van der Waals surface area contributed by atoms with Crippen LogP contribution in [0.3, 0.4) is 0 Å². The third-order valence-electron chi connectivity index (χ3n) is 3.01. The molecule has 0 saturated heterocycles. The van der Waals surface area contributed by atoms with Crippen LogP contribution in [0.15, 0.2) is 42.7 Å². The van der Waals surface area contributed by atoms with Crippen LogP contribution >= 0.6 is 0 Å². The molecule has 3 aromatic rings. The summed E-state index contributed by atoms with van der Waals surface area (Å²) in [5.74, 6) is -0.393. The summed E-state index contributed by atoms with van der Waals surface area (Å²) in [5, 5.41) is 1.10. The van der Waals surface area contributed by atoms with E-state index in [9.17, 15) is 4.79 Å². The predicted octanol–water partition coefficient (Wildman–Crippen LogP) is 3.44. The Labute approximate surface area is 117 Å². The molecular weight excluding hydrogens is 252 g/mol. The molecule has 2 aromatic heterocycles. The molecule has 0 bridgehead atoms. The Hall–Kier alpha value is -2.36. The van der Waals surface area contributed by atoms with Crippen LogP contribution in [0.5, 0.6) is 0 Å². The smallest absolute Gasteiger partial charge is 0.359 e. The van der Waals surface area contributed by atoms with E-state index in [1.54, 1.807) is 6.33 Å². The Morgan fingerprint density at radius 2 is 1.85 bits per heavy atom. The minimum absolute atomic E-state index is 0.352. The maximum absolute atomic E-state index is 12.2. The van der Waals surface area contributed by atoms with E-state index in [-0.39, 0.29) is 0 Å². The predicted molar refractivity (Wildman–Crippen MR) is 77.9 cm³/mol. The number of rotatable bonds is 1. The first-order valence-corrected chi connectivity index (χ1v) is 6.54. The SMILES string of the molecule is CC(C)(C)OC(=O)c1ncn2c1ccc1ccccc12. The highest BCUT2D eigenvalue weighted by atomic mass is 16.6. The number of carbonyl (C=O) groups excluding carboxylic acids is 1. The maximum Gasteiger partial charge on any atom is 0.359 e. The van der Waals surface area contributed by atoms with Crippen molar-refractivity contribution in [1.29, 1.82) is 0 Å². The normalized spacial score (nSPS) is 11.9. The molecule has 102 valence electrons. The highest BCUT2D eigenvalue weighted by Gasteiger charge is 2.22. The highest BCUT2D eigenvalue weighted by Crippen LogP contribution is 2.21. The molecule has 0 spiro atoms. The Morgan fingerprint density at radius 1 is 1.10 bits per heavy atom. The lowest BCUT2D eigenvalue weighted by Crippen LogP contribution is -2.24. The number of benzene rings is 1. The minimum Gasteiger partial charge on any atom is -0.455 e. The van der Waals surface area contributed by atoms with E-state index in [1.807, 2.05) is 61.6 Å². The molecule has 0 aliphatic rings. The Morgan fingerprint density at radius 3 is 2.60 bits per heavy atom. The third kappa shape index (κ3) is 2.13. The van der Waals surface area contributed by atoms with Gasteiger partial charge in [-0.3, -0.25) is 4.40 Å². The Balaban J connectivity index is 2.15. The quantitative estimate of drug-likeness (QED) is 0.635. The summed E-state index contributed by atoms with van der Waals surface area (Å²) in [5.41, 5.74) is 1.61. The number of esters is 1. The largest absolute Gasteiger partial charge is 0.455 e. The molecule has 0 saturated carbocycles. The van der Waals surface area contributed by atoms with Gasteiger partial charge >= 0.3 is 5.97 Å². The number of aromatic nitrogens is 2. The van der Waals surface area contributed by atoms with Gasteiger partial charge in [-0.15, -0.1) is 0 Å². The summed E-state index contributed by atoms with van der Waals surface area (Å²) in [6.45, 7) is 5.54. The first-order valence-electron chi connectivity index (χ1n) is 6.54. The van der Waals surface area contributed by atoms with Crippen molar-refractivity contribution in [3.05, 3.63) is 48.4 Å². The van der Waals surface area contributed by atoms with Crippen LogP contribution < -0.4 is 0 Å². The van der Waals surface area contributed by atoms with Gasteiger partial charge in [-0.05, 0) is 38.3 Å². The van der Waals surface area contributed by atoms with E-state index in [1.165, 1.54) is 0 Å². The standard InChI is InChI=1S/C16H16N2O2/c1-16(2,3)20-15(19)14-13-9-8-11-6-4-5-7-12(11)18(13)10-17-14/h4-10H,1-3H3. The van der Waals surface area contributed by atoms with Crippen LogP contribution in [0.1, 0.15) is 31.3 Å². The average molecular weight is 268 g/mol. The van der Waals surface area contributed by atoms with Crippen LogP contribution in [0.2, 0.25) is 0 Å². The summed E-state index contributed by atoms with van der Waals surface area (Å²) in [6, 6.07) is 11.9. The van der Waals surface area contributed by atoms with Gasteiger partial charge in [0.15, 0.2) is 5.69 Å². The van der Waals surface area contributed by atoms with E-state index in [0.717, 1.165) is 16.4 Å². The molecule has 2 heterocycles. The van der Waals surface area contributed by atoms with Crippen LogP contribution in [0, 0.1) is 0 Å². The van der Waals surface area contributed by atoms with Gasteiger partial charge < -0.3 is 4.74 Å². The van der Waals surface area contributed by atoms with Crippen LogP contribution in [0.25, 0.3) is 16.4 Å². The van der Waals surface area contributed by atoms with Gasteiger partial charge in [0, 0.05) is 0 Å². The summed E-state index contributed by atoms with van der Waals surface area (Å²) >= 11 is 0. The molecule has 0 fully saturated rings. The summed E-state index contributed by atoms with van der Waals surface area (Å²) in [6.07, 6.45) is 1.66. The van der Waals surface area contributed by atoms with Gasteiger partial charge in [0.05, 0.1) is 11.0 Å². The number of para-hydroxylation sites is 1. The van der Waals surface area contributed by atoms with Crippen molar-refractivity contribution in [2.24, 2.45) is 0 Å². The number of hydrogen-bond acceptors (Lipinski definition) is 3.